The summed E-state index contributed by atoms with van der Waals surface area (Å²) >= 11 is 1.84. The Hall–Kier alpha value is -1.26. The molecule has 1 aliphatic rings. The van der Waals surface area contributed by atoms with E-state index in [9.17, 15) is 0 Å². The molecule has 3 rings (SSSR count). The lowest BCUT2D eigenvalue weighted by atomic mass is 10.2. The minimum absolute atomic E-state index is 0.776. The first-order valence-electron chi connectivity index (χ1n) is 6.73. The van der Waals surface area contributed by atoms with Gasteiger partial charge in [0.15, 0.2) is 0 Å². The van der Waals surface area contributed by atoms with Crippen molar-refractivity contribution in [1.29, 1.82) is 0 Å². The number of rotatable bonds is 6. The van der Waals surface area contributed by atoms with Gasteiger partial charge in [0.1, 0.15) is 0 Å². The zero-order valence-electron chi connectivity index (χ0n) is 11.2. The van der Waals surface area contributed by atoms with E-state index < -0.39 is 0 Å². The van der Waals surface area contributed by atoms with Crippen LogP contribution in [0.2, 0.25) is 0 Å². The van der Waals surface area contributed by atoms with Crippen LogP contribution in [0.25, 0.3) is 0 Å². The van der Waals surface area contributed by atoms with E-state index in [1.54, 1.807) is 0 Å². The molecular weight excluding hydrogens is 254 g/mol. The Balaban J connectivity index is 1.50. The lowest BCUT2D eigenvalue weighted by Gasteiger charge is -2.04. The van der Waals surface area contributed by atoms with E-state index in [0.29, 0.717) is 0 Å². The standard InChI is InChI=1S/C15H19N3S/c1-18-9-8-14(17-18)11-19-15-6-2-12(3-7-15)10-16-13-4-5-13/h2-3,6-9,13,16H,4-5,10-11H2,1H3. The number of aromatic nitrogens is 2. The van der Waals surface area contributed by atoms with Crippen molar-refractivity contribution in [3.8, 4) is 0 Å². The Morgan fingerprint density at radius 1 is 1.26 bits per heavy atom. The molecule has 100 valence electrons. The Morgan fingerprint density at radius 2 is 2.05 bits per heavy atom. The summed E-state index contributed by atoms with van der Waals surface area (Å²) in [6.45, 7) is 0.996. The van der Waals surface area contributed by atoms with Gasteiger partial charge < -0.3 is 5.32 Å². The highest BCUT2D eigenvalue weighted by Crippen LogP contribution is 2.23. The molecule has 1 aliphatic carbocycles. The van der Waals surface area contributed by atoms with Gasteiger partial charge in [-0.25, -0.2) is 0 Å². The summed E-state index contributed by atoms with van der Waals surface area (Å²) in [7, 11) is 1.95. The van der Waals surface area contributed by atoms with Crippen LogP contribution in [0, 0.1) is 0 Å². The molecule has 3 nitrogen and oxygen atoms in total. The summed E-state index contributed by atoms with van der Waals surface area (Å²) in [6.07, 6.45) is 4.68. The average Bonchev–Trinajstić information content (AvgIpc) is 3.17. The van der Waals surface area contributed by atoms with Crippen LogP contribution in [0.3, 0.4) is 0 Å². The summed E-state index contributed by atoms with van der Waals surface area (Å²) < 4.78 is 1.85. The molecule has 4 heteroatoms. The molecule has 1 aromatic carbocycles. The van der Waals surface area contributed by atoms with E-state index in [-0.39, 0.29) is 0 Å². The van der Waals surface area contributed by atoms with E-state index in [2.05, 4.69) is 40.7 Å². The second-order valence-electron chi connectivity index (χ2n) is 5.07. The van der Waals surface area contributed by atoms with E-state index >= 15 is 0 Å². The molecule has 1 aromatic heterocycles. The van der Waals surface area contributed by atoms with Gasteiger partial charge in [-0.15, -0.1) is 11.8 Å². The van der Waals surface area contributed by atoms with Crippen LogP contribution in [0.15, 0.2) is 41.4 Å². The number of thioether (sulfide) groups is 1. The number of aryl methyl sites for hydroxylation is 1. The van der Waals surface area contributed by atoms with Crippen molar-refractivity contribution < 1.29 is 0 Å². The smallest absolute Gasteiger partial charge is 0.0727 e. The Labute approximate surface area is 118 Å². The van der Waals surface area contributed by atoms with Crippen LogP contribution in [-0.2, 0) is 19.3 Å². The van der Waals surface area contributed by atoms with Gasteiger partial charge in [-0.05, 0) is 36.6 Å². The molecule has 0 bridgehead atoms. The average molecular weight is 273 g/mol. The highest BCUT2D eigenvalue weighted by molar-refractivity contribution is 7.98. The Bertz CT molecular complexity index is 529. The minimum atomic E-state index is 0.776. The maximum Gasteiger partial charge on any atom is 0.0727 e. The molecule has 19 heavy (non-hydrogen) atoms. The van der Waals surface area contributed by atoms with Crippen molar-refractivity contribution in [1.82, 2.24) is 15.1 Å². The number of nitrogens with zero attached hydrogens (tertiary/aromatic N) is 2. The quantitative estimate of drug-likeness (QED) is 0.821. The molecule has 1 saturated carbocycles. The molecule has 0 atom stereocenters. The normalized spacial score (nSPS) is 14.8. The minimum Gasteiger partial charge on any atom is -0.310 e. The predicted octanol–water partition coefficient (Wildman–Crippen LogP) is 2.96. The van der Waals surface area contributed by atoms with Crippen LogP contribution in [0.4, 0.5) is 0 Å². The Kier molecular flexibility index (Phi) is 3.89. The van der Waals surface area contributed by atoms with Gasteiger partial charge in [-0.2, -0.15) is 5.10 Å². The molecule has 2 aromatic rings. The van der Waals surface area contributed by atoms with Crippen LogP contribution in [0.5, 0.6) is 0 Å². The van der Waals surface area contributed by atoms with Gasteiger partial charge in [0.05, 0.1) is 5.69 Å². The first-order chi connectivity index (χ1) is 9.29. The molecular formula is C15H19N3S. The van der Waals surface area contributed by atoms with E-state index in [0.717, 1.165) is 24.0 Å². The number of nitrogens with one attached hydrogen (secondary N) is 1. The number of benzene rings is 1. The monoisotopic (exact) mass is 273 g/mol. The molecule has 0 radical (unpaired) electrons. The summed E-state index contributed by atoms with van der Waals surface area (Å²) in [5.41, 5.74) is 2.50. The first-order valence-corrected chi connectivity index (χ1v) is 7.72. The van der Waals surface area contributed by atoms with Crippen molar-refractivity contribution in [2.24, 2.45) is 7.05 Å². The van der Waals surface area contributed by atoms with Crippen molar-refractivity contribution in [2.45, 2.75) is 36.1 Å². The molecule has 0 aliphatic heterocycles. The largest absolute Gasteiger partial charge is 0.310 e. The zero-order chi connectivity index (χ0) is 13.1. The van der Waals surface area contributed by atoms with Crippen molar-refractivity contribution in [2.75, 3.05) is 0 Å². The van der Waals surface area contributed by atoms with Crippen LogP contribution in [0.1, 0.15) is 24.1 Å². The molecule has 1 N–H and O–H groups in total. The lowest BCUT2D eigenvalue weighted by Crippen LogP contribution is -2.14. The van der Waals surface area contributed by atoms with Gasteiger partial charge in [0.2, 0.25) is 0 Å². The Morgan fingerprint density at radius 3 is 2.68 bits per heavy atom. The van der Waals surface area contributed by atoms with Crippen LogP contribution in [-0.4, -0.2) is 15.8 Å². The first kappa shape index (κ1) is 12.8. The molecule has 1 fully saturated rings. The fourth-order valence-electron chi connectivity index (χ4n) is 1.95. The SMILES string of the molecule is Cn1ccc(CSc2ccc(CNC3CC3)cc2)n1. The second-order valence-corrected chi connectivity index (χ2v) is 6.12. The fourth-order valence-corrected chi connectivity index (χ4v) is 2.75. The fraction of sp³-hybridized carbons (Fsp3) is 0.400. The molecule has 0 amide bonds. The van der Waals surface area contributed by atoms with Crippen LogP contribution < -0.4 is 5.32 Å². The van der Waals surface area contributed by atoms with Crippen molar-refractivity contribution in [3.63, 3.8) is 0 Å². The van der Waals surface area contributed by atoms with Crippen molar-refractivity contribution >= 4 is 11.8 Å². The van der Waals surface area contributed by atoms with Gasteiger partial charge >= 0.3 is 0 Å². The molecule has 0 spiro atoms. The third kappa shape index (κ3) is 3.85. The summed E-state index contributed by atoms with van der Waals surface area (Å²) in [5, 5.41) is 7.92. The zero-order valence-corrected chi connectivity index (χ0v) is 12.0. The molecule has 0 unspecified atom stereocenters. The maximum absolute atomic E-state index is 4.38. The van der Waals surface area contributed by atoms with E-state index in [4.69, 9.17) is 0 Å². The van der Waals surface area contributed by atoms with Gasteiger partial charge in [0.25, 0.3) is 0 Å². The summed E-state index contributed by atoms with van der Waals surface area (Å²) in [6, 6.07) is 11.7. The van der Waals surface area contributed by atoms with Gasteiger partial charge in [-0.1, -0.05) is 12.1 Å². The predicted molar refractivity (Wildman–Crippen MR) is 79.1 cm³/mol. The van der Waals surface area contributed by atoms with E-state index in [1.165, 1.54) is 23.3 Å². The molecule has 1 heterocycles. The second kappa shape index (κ2) is 5.80. The lowest BCUT2D eigenvalue weighted by molar-refractivity contribution is 0.687. The highest BCUT2D eigenvalue weighted by atomic mass is 32.2. The van der Waals surface area contributed by atoms with Gasteiger partial charge in [-0.3, -0.25) is 4.68 Å². The number of hydrogen-bond donors (Lipinski definition) is 1. The van der Waals surface area contributed by atoms with Gasteiger partial charge in [0, 0.05) is 36.5 Å². The number of hydrogen-bond acceptors (Lipinski definition) is 3. The third-order valence-electron chi connectivity index (χ3n) is 3.25. The van der Waals surface area contributed by atoms with Crippen molar-refractivity contribution in [3.05, 3.63) is 47.8 Å². The molecule has 0 saturated heterocycles. The summed E-state index contributed by atoms with van der Waals surface area (Å²) in [4.78, 5) is 1.31. The highest BCUT2D eigenvalue weighted by Gasteiger charge is 2.19. The maximum atomic E-state index is 4.38. The topological polar surface area (TPSA) is 29.9 Å². The summed E-state index contributed by atoms with van der Waals surface area (Å²) in [5.74, 6) is 0.931. The van der Waals surface area contributed by atoms with Crippen LogP contribution >= 0.6 is 11.8 Å². The van der Waals surface area contributed by atoms with E-state index in [1.807, 2.05) is 29.7 Å². The third-order valence-corrected chi connectivity index (χ3v) is 4.30.